The van der Waals surface area contributed by atoms with E-state index in [-0.39, 0.29) is 5.91 Å². The number of hydrogen-bond acceptors (Lipinski definition) is 5. The van der Waals surface area contributed by atoms with Crippen LogP contribution >= 0.6 is 0 Å². The van der Waals surface area contributed by atoms with Gasteiger partial charge in [-0.15, -0.1) is 0 Å². The number of aromatic nitrogens is 4. The van der Waals surface area contributed by atoms with Gasteiger partial charge < -0.3 is 9.64 Å². The molecule has 1 amide bonds. The summed E-state index contributed by atoms with van der Waals surface area (Å²) in [6, 6.07) is 9.31. The number of carbonyl (C=O) groups excluding carboxylic acids is 1. The van der Waals surface area contributed by atoms with Gasteiger partial charge in [-0.25, -0.2) is 9.50 Å². The number of nitrogens with zero attached hydrogens (tertiary/aromatic N) is 5. The number of aryl methyl sites for hydroxylation is 1. The standard InChI is InChI=1S/C17H17N5O2/c1-12-10-15(17(23)21-6-8-24-9-7-21)19-16-11-14(20-22(12)16)13-4-2-3-5-18-13/h2-5,10-11H,6-9H2,1H3. The molecule has 7 heteroatoms. The van der Waals surface area contributed by atoms with E-state index in [1.165, 1.54) is 0 Å². The van der Waals surface area contributed by atoms with Gasteiger partial charge >= 0.3 is 0 Å². The SMILES string of the molecule is Cc1cc(C(=O)N2CCOCC2)nc2cc(-c3ccccn3)nn12. The zero-order chi connectivity index (χ0) is 16.5. The summed E-state index contributed by atoms with van der Waals surface area (Å²) >= 11 is 0. The second-order valence-electron chi connectivity index (χ2n) is 5.70. The second kappa shape index (κ2) is 6.01. The molecule has 4 rings (SSSR count). The molecular weight excluding hydrogens is 306 g/mol. The molecular formula is C17H17N5O2. The Morgan fingerprint density at radius 3 is 2.75 bits per heavy atom. The normalized spacial score (nSPS) is 15.0. The van der Waals surface area contributed by atoms with Crippen LogP contribution in [0.15, 0.2) is 36.5 Å². The van der Waals surface area contributed by atoms with Crippen LogP contribution in [-0.4, -0.2) is 56.7 Å². The molecule has 0 radical (unpaired) electrons. The van der Waals surface area contributed by atoms with Gasteiger partial charge in [0.1, 0.15) is 11.4 Å². The first-order valence-corrected chi connectivity index (χ1v) is 7.88. The number of ether oxygens (including phenoxy) is 1. The van der Waals surface area contributed by atoms with E-state index in [1.807, 2.05) is 31.2 Å². The van der Waals surface area contributed by atoms with Crippen LogP contribution in [-0.2, 0) is 4.74 Å². The zero-order valence-electron chi connectivity index (χ0n) is 13.3. The van der Waals surface area contributed by atoms with Crippen LogP contribution in [0.5, 0.6) is 0 Å². The van der Waals surface area contributed by atoms with Crippen molar-refractivity contribution in [1.82, 2.24) is 24.5 Å². The van der Waals surface area contributed by atoms with Crippen molar-refractivity contribution in [3.8, 4) is 11.4 Å². The fraction of sp³-hybridized carbons (Fsp3) is 0.294. The largest absolute Gasteiger partial charge is 0.378 e. The molecule has 1 aliphatic heterocycles. The molecule has 0 N–H and O–H groups in total. The molecule has 1 aliphatic rings. The van der Waals surface area contributed by atoms with Crippen LogP contribution < -0.4 is 0 Å². The third kappa shape index (κ3) is 2.63. The van der Waals surface area contributed by atoms with Crippen LogP contribution in [0, 0.1) is 6.92 Å². The van der Waals surface area contributed by atoms with Gasteiger partial charge in [0.15, 0.2) is 5.65 Å². The Bertz CT molecular complexity index is 885. The highest BCUT2D eigenvalue weighted by atomic mass is 16.5. The summed E-state index contributed by atoms with van der Waals surface area (Å²) in [5, 5.41) is 4.54. The van der Waals surface area contributed by atoms with Gasteiger partial charge in [-0.1, -0.05) is 6.07 Å². The van der Waals surface area contributed by atoms with Gasteiger partial charge in [0.2, 0.25) is 0 Å². The lowest BCUT2D eigenvalue weighted by Crippen LogP contribution is -2.41. The number of rotatable bonds is 2. The molecule has 1 saturated heterocycles. The molecule has 0 unspecified atom stereocenters. The minimum atomic E-state index is -0.0653. The molecule has 4 heterocycles. The molecule has 0 spiro atoms. The van der Waals surface area contributed by atoms with Gasteiger partial charge in [0.05, 0.1) is 18.9 Å². The molecule has 3 aromatic rings. The quantitative estimate of drug-likeness (QED) is 0.716. The van der Waals surface area contributed by atoms with Crippen molar-refractivity contribution in [3.05, 3.63) is 47.9 Å². The predicted molar refractivity (Wildman–Crippen MR) is 87.7 cm³/mol. The highest BCUT2D eigenvalue weighted by Gasteiger charge is 2.21. The predicted octanol–water partition coefficient (Wildman–Crippen LogP) is 1.57. The Labute approximate surface area is 138 Å². The minimum absolute atomic E-state index is 0.0653. The molecule has 0 aliphatic carbocycles. The summed E-state index contributed by atoms with van der Waals surface area (Å²) in [5.41, 5.74) is 3.46. The molecule has 0 atom stereocenters. The number of morpholine rings is 1. The van der Waals surface area contributed by atoms with Crippen molar-refractivity contribution >= 4 is 11.6 Å². The van der Waals surface area contributed by atoms with Gasteiger partial charge in [-0.2, -0.15) is 5.10 Å². The fourth-order valence-corrected chi connectivity index (χ4v) is 2.80. The Balaban J connectivity index is 1.72. The summed E-state index contributed by atoms with van der Waals surface area (Å²) < 4.78 is 7.03. The van der Waals surface area contributed by atoms with Gasteiger partial charge in [-0.3, -0.25) is 9.78 Å². The third-order valence-corrected chi connectivity index (χ3v) is 4.05. The first-order valence-electron chi connectivity index (χ1n) is 7.88. The molecule has 122 valence electrons. The Morgan fingerprint density at radius 2 is 2.00 bits per heavy atom. The van der Waals surface area contributed by atoms with Crippen LogP contribution in [0.1, 0.15) is 16.2 Å². The maximum atomic E-state index is 12.6. The molecule has 7 nitrogen and oxygen atoms in total. The van der Waals surface area contributed by atoms with Crippen LogP contribution in [0.25, 0.3) is 17.0 Å². The monoisotopic (exact) mass is 323 g/mol. The van der Waals surface area contributed by atoms with E-state index in [1.54, 1.807) is 21.7 Å². The minimum Gasteiger partial charge on any atom is -0.378 e. The first kappa shape index (κ1) is 14.8. The maximum Gasteiger partial charge on any atom is 0.272 e. The molecule has 0 bridgehead atoms. The van der Waals surface area contributed by atoms with E-state index in [0.29, 0.717) is 37.6 Å². The van der Waals surface area contributed by atoms with Crippen molar-refractivity contribution in [3.63, 3.8) is 0 Å². The Kier molecular flexibility index (Phi) is 3.70. The number of fused-ring (bicyclic) bond motifs is 1. The van der Waals surface area contributed by atoms with E-state index in [0.717, 1.165) is 17.1 Å². The number of hydrogen-bond donors (Lipinski definition) is 0. The van der Waals surface area contributed by atoms with Crippen LogP contribution in [0.2, 0.25) is 0 Å². The molecule has 0 saturated carbocycles. The van der Waals surface area contributed by atoms with Crippen molar-refractivity contribution in [2.75, 3.05) is 26.3 Å². The topological polar surface area (TPSA) is 72.6 Å². The Hall–Kier alpha value is -2.80. The van der Waals surface area contributed by atoms with E-state index < -0.39 is 0 Å². The van der Waals surface area contributed by atoms with E-state index >= 15 is 0 Å². The summed E-state index contributed by atoms with van der Waals surface area (Å²) in [6.07, 6.45) is 1.73. The van der Waals surface area contributed by atoms with E-state index in [4.69, 9.17) is 4.74 Å². The fourth-order valence-electron chi connectivity index (χ4n) is 2.80. The number of carbonyl (C=O) groups is 1. The highest BCUT2D eigenvalue weighted by Crippen LogP contribution is 2.18. The summed E-state index contributed by atoms with van der Waals surface area (Å²) in [6.45, 7) is 4.26. The van der Waals surface area contributed by atoms with E-state index in [2.05, 4.69) is 15.1 Å². The lowest BCUT2D eigenvalue weighted by molar-refractivity contribution is 0.0299. The first-order chi connectivity index (χ1) is 11.7. The maximum absolute atomic E-state index is 12.6. The average molecular weight is 323 g/mol. The average Bonchev–Trinajstić information content (AvgIpc) is 3.07. The molecule has 3 aromatic heterocycles. The van der Waals surface area contributed by atoms with E-state index in [9.17, 15) is 4.79 Å². The number of pyridine rings is 1. The van der Waals surface area contributed by atoms with Crippen molar-refractivity contribution < 1.29 is 9.53 Å². The highest BCUT2D eigenvalue weighted by molar-refractivity contribution is 5.93. The Morgan fingerprint density at radius 1 is 1.17 bits per heavy atom. The van der Waals surface area contributed by atoms with Crippen LogP contribution in [0.3, 0.4) is 0 Å². The number of amides is 1. The summed E-state index contributed by atoms with van der Waals surface area (Å²) in [7, 11) is 0. The van der Waals surface area contributed by atoms with Crippen molar-refractivity contribution in [2.24, 2.45) is 0 Å². The van der Waals surface area contributed by atoms with Crippen molar-refractivity contribution in [2.45, 2.75) is 6.92 Å². The zero-order valence-corrected chi connectivity index (χ0v) is 13.3. The summed E-state index contributed by atoms with van der Waals surface area (Å²) in [5.74, 6) is -0.0653. The molecule has 24 heavy (non-hydrogen) atoms. The third-order valence-electron chi connectivity index (χ3n) is 4.05. The lowest BCUT2D eigenvalue weighted by atomic mass is 10.2. The second-order valence-corrected chi connectivity index (χ2v) is 5.70. The molecule has 1 fully saturated rings. The van der Waals surface area contributed by atoms with Gasteiger partial charge in [0, 0.05) is 31.0 Å². The van der Waals surface area contributed by atoms with Gasteiger partial charge in [0.25, 0.3) is 5.91 Å². The van der Waals surface area contributed by atoms with Crippen LogP contribution in [0.4, 0.5) is 0 Å². The lowest BCUT2D eigenvalue weighted by Gasteiger charge is -2.26. The van der Waals surface area contributed by atoms with Crippen molar-refractivity contribution in [1.29, 1.82) is 0 Å². The summed E-state index contributed by atoms with van der Waals surface area (Å²) in [4.78, 5) is 23.2. The van der Waals surface area contributed by atoms with Gasteiger partial charge in [-0.05, 0) is 25.1 Å². The smallest absolute Gasteiger partial charge is 0.272 e. The molecule has 0 aromatic carbocycles.